The summed E-state index contributed by atoms with van der Waals surface area (Å²) in [5.74, 6) is 0. The van der Waals surface area contributed by atoms with Crippen LogP contribution in [0.2, 0.25) is 0 Å². The van der Waals surface area contributed by atoms with E-state index in [0.29, 0.717) is 0 Å². The molecule has 0 aliphatic carbocycles. The summed E-state index contributed by atoms with van der Waals surface area (Å²) >= 11 is 0. The molecule has 10 heavy (non-hydrogen) atoms. The van der Waals surface area contributed by atoms with Gasteiger partial charge in [-0.1, -0.05) is 12.1 Å². The molecule has 0 amide bonds. The molecule has 0 aliphatic heterocycles. The fourth-order valence-corrected chi connectivity index (χ4v) is 0.838. The zero-order valence-electron chi connectivity index (χ0n) is 6.22. The Morgan fingerprint density at radius 1 is 1.30 bits per heavy atom. The normalized spacial score (nSPS) is 9.40. The van der Waals surface area contributed by atoms with E-state index in [2.05, 4.69) is 35.3 Å². The van der Waals surface area contributed by atoms with Gasteiger partial charge in [0.2, 0.25) is 0 Å². The van der Waals surface area contributed by atoms with Crippen molar-refractivity contribution in [3.63, 3.8) is 0 Å². The smallest absolute Gasteiger partial charge is 0.0997 e. The fourth-order valence-electron chi connectivity index (χ4n) is 0.838. The largest absolute Gasteiger partial charge is 0.388 e. The second kappa shape index (κ2) is 3.22. The third-order valence-corrected chi connectivity index (χ3v) is 1.53. The van der Waals surface area contributed by atoms with Gasteiger partial charge in [0, 0.05) is 18.3 Å². The summed E-state index contributed by atoms with van der Waals surface area (Å²) in [5, 5.41) is 3.06. The predicted octanol–water partition coefficient (Wildman–Crippen LogP) is 0.470. The highest BCUT2D eigenvalue weighted by molar-refractivity contribution is 5.43. The summed E-state index contributed by atoms with van der Waals surface area (Å²) in [6.07, 6.45) is 0. The second-order valence-corrected chi connectivity index (χ2v) is 2.20. The maximum atomic E-state index is 3.79. The van der Waals surface area contributed by atoms with Crippen LogP contribution in [0.25, 0.3) is 0 Å². The third-order valence-electron chi connectivity index (χ3n) is 1.53. The molecule has 0 saturated heterocycles. The Balaban J connectivity index is 2.80. The summed E-state index contributed by atoms with van der Waals surface area (Å²) in [7, 11) is 1.92. The van der Waals surface area contributed by atoms with Gasteiger partial charge < -0.3 is 11.1 Å². The molecule has 2 nitrogen and oxygen atoms in total. The summed E-state index contributed by atoms with van der Waals surface area (Å²) in [4.78, 5) is 0. The molecule has 0 heterocycles. The molecule has 1 aromatic rings. The number of quaternary nitrogens is 1. The first-order chi connectivity index (χ1) is 4.86. The molecule has 0 atom stereocenters. The number of rotatable bonds is 2. The van der Waals surface area contributed by atoms with Crippen LogP contribution >= 0.6 is 0 Å². The topological polar surface area (TPSA) is 39.7 Å². The molecule has 0 aromatic heterocycles. The van der Waals surface area contributed by atoms with Crippen molar-refractivity contribution in [1.29, 1.82) is 0 Å². The molecule has 54 valence electrons. The van der Waals surface area contributed by atoms with Gasteiger partial charge in [-0.05, 0) is 12.1 Å². The van der Waals surface area contributed by atoms with Crippen LogP contribution in [0.15, 0.2) is 24.3 Å². The Labute approximate surface area is 61.1 Å². The minimum atomic E-state index is 0.865. The Morgan fingerprint density at radius 2 is 1.90 bits per heavy atom. The second-order valence-electron chi connectivity index (χ2n) is 2.20. The summed E-state index contributed by atoms with van der Waals surface area (Å²) in [5.41, 5.74) is 6.22. The van der Waals surface area contributed by atoms with Crippen LogP contribution in [0.3, 0.4) is 0 Å². The van der Waals surface area contributed by atoms with Crippen molar-refractivity contribution < 1.29 is 5.73 Å². The van der Waals surface area contributed by atoms with Gasteiger partial charge >= 0.3 is 0 Å². The zero-order valence-corrected chi connectivity index (χ0v) is 6.22. The van der Waals surface area contributed by atoms with Crippen molar-refractivity contribution in [2.45, 2.75) is 6.54 Å². The first-order valence-corrected chi connectivity index (χ1v) is 3.42. The number of hydrogen-bond acceptors (Lipinski definition) is 1. The van der Waals surface area contributed by atoms with Gasteiger partial charge in [-0.2, -0.15) is 0 Å². The highest BCUT2D eigenvalue weighted by atomic mass is 14.8. The molecule has 0 saturated carbocycles. The van der Waals surface area contributed by atoms with Crippen molar-refractivity contribution in [2.75, 3.05) is 12.4 Å². The van der Waals surface area contributed by atoms with Crippen LogP contribution in [0, 0.1) is 0 Å². The minimum Gasteiger partial charge on any atom is -0.388 e. The van der Waals surface area contributed by atoms with E-state index in [4.69, 9.17) is 0 Å². The molecule has 1 rings (SSSR count). The van der Waals surface area contributed by atoms with Crippen LogP contribution in [-0.4, -0.2) is 7.05 Å². The van der Waals surface area contributed by atoms with Crippen LogP contribution in [0.5, 0.6) is 0 Å². The quantitative estimate of drug-likeness (QED) is 0.611. The zero-order chi connectivity index (χ0) is 7.40. The average Bonchev–Trinajstić information content (AvgIpc) is 2.05. The molecular weight excluding hydrogens is 124 g/mol. The fraction of sp³-hybridized carbons (Fsp3) is 0.250. The molecule has 0 fully saturated rings. The molecule has 4 N–H and O–H groups in total. The molecular formula is C8H13N2+. The SMILES string of the molecule is CNc1ccc(C[NH3+])cc1. The Hall–Kier alpha value is -1.02. The highest BCUT2D eigenvalue weighted by Gasteiger charge is 1.89. The number of hydrogen-bond donors (Lipinski definition) is 2. The molecule has 2 heteroatoms. The van der Waals surface area contributed by atoms with E-state index in [1.54, 1.807) is 0 Å². The molecule has 0 radical (unpaired) electrons. The van der Waals surface area contributed by atoms with Crippen LogP contribution in [-0.2, 0) is 6.54 Å². The predicted molar refractivity (Wildman–Crippen MR) is 42.6 cm³/mol. The molecule has 0 unspecified atom stereocenters. The van der Waals surface area contributed by atoms with E-state index >= 15 is 0 Å². The summed E-state index contributed by atoms with van der Waals surface area (Å²) in [6, 6.07) is 8.28. The van der Waals surface area contributed by atoms with E-state index < -0.39 is 0 Å². The number of nitrogens with one attached hydrogen (secondary N) is 1. The number of benzene rings is 1. The first kappa shape index (κ1) is 7.09. The van der Waals surface area contributed by atoms with E-state index in [-0.39, 0.29) is 0 Å². The van der Waals surface area contributed by atoms with Crippen molar-refractivity contribution in [2.24, 2.45) is 0 Å². The lowest BCUT2D eigenvalue weighted by atomic mass is 10.2. The van der Waals surface area contributed by atoms with Crippen molar-refractivity contribution in [3.8, 4) is 0 Å². The van der Waals surface area contributed by atoms with Gasteiger partial charge in [-0.3, -0.25) is 0 Å². The average molecular weight is 137 g/mol. The van der Waals surface area contributed by atoms with Gasteiger partial charge in [0.15, 0.2) is 0 Å². The van der Waals surface area contributed by atoms with Gasteiger partial charge in [-0.25, -0.2) is 0 Å². The minimum absolute atomic E-state index is 0.865. The first-order valence-electron chi connectivity index (χ1n) is 3.42. The Bertz CT molecular complexity index is 168. The Kier molecular flexibility index (Phi) is 2.29. The standard InChI is InChI=1S/C8H12N2/c1-10-8-4-2-7(6-9)3-5-8/h2-5,10H,6,9H2,1H3/p+1. The highest BCUT2D eigenvalue weighted by Crippen LogP contribution is 2.06. The van der Waals surface area contributed by atoms with Gasteiger partial charge in [0.25, 0.3) is 0 Å². The van der Waals surface area contributed by atoms with Gasteiger partial charge in [0.05, 0.1) is 6.54 Å². The van der Waals surface area contributed by atoms with E-state index in [0.717, 1.165) is 12.2 Å². The van der Waals surface area contributed by atoms with E-state index in [9.17, 15) is 0 Å². The maximum Gasteiger partial charge on any atom is 0.0997 e. The van der Waals surface area contributed by atoms with Gasteiger partial charge in [-0.15, -0.1) is 0 Å². The summed E-state index contributed by atoms with van der Waals surface area (Å²) in [6.45, 7) is 0.865. The van der Waals surface area contributed by atoms with Crippen LogP contribution < -0.4 is 11.1 Å². The lowest BCUT2D eigenvalue weighted by molar-refractivity contribution is -0.386. The van der Waals surface area contributed by atoms with Crippen LogP contribution in [0.4, 0.5) is 5.69 Å². The lowest BCUT2D eigenvalue weighted by Gasteiger charge is -1.98. The molecule has 0 bridgehead atoms. The van der Waals surface area contributed by atoms with Crippen molar-refractivity contribution in [1.82, 2.24) is 0 Å². The molecule has 0 spiro atoms. The Morgan fingerprint density at radius 3 is 2.30 bits per heavy atom. The van der Waals surface area contributed by atoms with E-state index in [1.165, 1.54) is 5.56 Å². The monoisotopic (exact) mass is 137 g/mol. The summed E-state index contributed by atoms with van der Waals surface area (Å²) < 4.78 is 0. The number of anilines is 1. The maximum absolute atomic E-state index is 3.79. The molecule has 0 aliphatic rings. The van der Waals surface area contributed by atoms with Crippen LogP contribution in [0.1, 0.15) is 5.56 Å². The van der Waals surface area contributed by atoms with Crippen molar-refractivity contribution in [3.05, 3.63) is 29.8 Å². The van der Waals surface area contributed by atoms with Crippen molar-refractivity contribution >= 4 is 5.69 Å². The van der Waals surface area contributed by atoms with E-state index in [1.807, 2.05) is 7.05 Å². The molecule has 1 aromatic carbocycles. The third kappa shape index (κ3) is 1.48. The van der Waals surface area contributed by atoms with Gasteiger partial charge in [0.1, 0.15) is 0 Å². The lowest BCUT2D eigenvalue weighted by Crippen LogP contribution is -2.47.